The Morgan fingerprint density at radius 3 is 2.32 bits per heavy atom. The lowest BCUT2D eigenvalue weighted by atomic mass is 9.76. The lowest BCUT2D eigenvalue weighted by Crippen LogP contribution is -2.59. The van der Waals surface area contributed by atoms with Gasteiger partial charge in [0.25, 0.3) is 5.69 Å². The molecule has 10 nitrogen and oxygen atoms in total. The van der Waals surface area contributed by atoms with Gasteiger partial charge >= 0.3 is 0 Å². The molecule has 34 heavy (non-hydrogen) atoms. The summed E-state index contributed by atoms with van der Waals surface area (Å²) in [5.74, 6) is -4.19. The van der Waals surface area contributed by atoms with Crippen LogP contribution in [0.15, 0.2) is 42.5 Å². The highest BCUT2D eigenvalue weighted by atomic mass is 16.6. The fourth-order valence-corrected chi connectivity index (χ4v) is 6.44. The summed E-state index contributed by atoms with van der Waals surface area (Å²) in [6.07, 6.45) is 1.26. The summed E-state index contributed by atoms with van der Waals surface area (Å²) in [6, 6.07) is 9.69. The summed E-state index contributed by atoms with van der Waals surface area (Å²) in [7, 11) is 1.33. The Balaban J connectivity index is 1.54. The summed E-state index contributed by atoms with van der Waals surface area (Å²) in [4.78, 5) is 68.7. The first kappa shape index (κ1) is 20.7. The van der Waals surface area contributed by atoms with Crippen molar-refractivity contribution in [3.05, 3.63) is 63.7 Å². The number of rotatable bonds is 3. The van der Waals surface area contributed by atoms with Crippen molar-refractivity contribution in [2.24, 2.45) is 11.8 Å². The zero-order valence-corrected chi connectivity index (χ0v) is 18.1. The second-order valence-corrected chi connectivity index (χ2v) is 9.00. The highest BCUT2D eigenvalue weighted by Gasteiger charge is 2.77. The number of hydrogen-bond donors (Lipinski definition) is 0. The predicted molar refractivity (Wildman–Crippen MR) is 117 cm³/mol. The van der Waals surface area contributed by atoms with Crippen molar-refractivity contribution < 1.29 is 28.8 Å². The van der Waals surface area contributed by atoms with E-state index in [9.17, 15) is 29.3 Å². The number of Topliss-reactive ketones (excluding diaryl/α,β-unsaturated/α-hetero) is 2. The quantitative estimate of drug-likeness (QED) is 0.294. The van der Waals surface area contributed by atoms with Crippen molar-refractivity contribution in [1.29, 1.82) is 0 Å². The molecule has 3 saturated heterocycles. The van der Waals surface area contributed by atoms with Crippen LogP contribution in [-0.2, 0) is 9.59 Å². The Morgan fingerprint density at radius 2 is 1.71 bits per heavy atom. The molecule has 10 heteroatoms. The van der Waals surface area contributed by atoms with Crippen LogP contribution in [0.25, 0.3) is 0 Å². The average molecular weight is 461 g/mol. The van der Waals surface area contributed by atoms with Crippen LogP contribution in [0.1, 0.15) is 33.6 Å². The van der Waals surface area contributed by atoms with Crippen LogP contribution in [-0.4, -0.2) is 58.4 Å². The summed E-state index contributed by atoms with van der Waals surface area (Å²) in [6.45, 7) is 0.434. The molecule has 2 aromatic rings. The number of anilines is 1. The molecule has 1 spiro atoms. The number of hydrogen-bond acceptors (Lipinski definition) is 8. The fraction of sp³-hybridized carbons (Fsp3) is 0.333. The van der Waals surface area contributed by atoms with E-state index >= 15 is 0 Å². The highest BCUT2D eigenvalue weighted by Crippen LogP contribution is 2.57. The molecule has 0 unspecified atom stereocenters. The number of carbonyl (C=O) groups excluding carboxylic acids is 4. The van der Waals surface area contributed by atoms with Crippen LogP contribution in [0.5, 0.6) is 5.75 Å². The Hall–Kier alpha value is -3.92. The van der Waals surface area contributed by atoms with Crippen molar-refractivity contribution in [2.45, 2.75) is 24.4 Å². The predicted octanol–water partition coefficient (Wildman–Crippen LogP) is 2.00. The number of non-ortho nitro benzene ring substituents is 1. The number of carbonyl (C=O) groups is 4. The maximum atomic E-state index is 13.9. The second-order valence-electron chi connectivity index (χ2n) is 9.00. The van der Waals surface area contributed by atoms with Gasteiger partial charge in [-0.3, -0.25) is 34.2 Å². The van der Waals surface area contributed by atoms with Gasteiger partial charge in [0.1, 0.15) is 11.4 Å². The zero-order chi connectivity index (χ0) is 23.9. The Kier molecular flexibility index (Phi) is 4.13. The second kappa shape index (κ2) is 6.80. The third-order valence-electron chi connectivity index (χ3n) is 7.69. The topological polar surface area (TPSA) is 127 Å². The molecular formula is C24H19N3O7. The molecule has 0 saturated carbocycles. The maximum absolute atomic E-state index is 13.9. The minimum atomic E-state index is -1.77. The van der Waals surface area contributed by atoms with Crippen molar-refractivity contribution in [3.8, 4) is 5.75 Å². The lowest BCUT2D eigenvalue weighted by Gasteiger charge is -2.35. The SMILES string of the molecule is COc1ccc([N+](=O)[O-])cc1N1C(=O)[C@@H]2[C@@H]3CCCN3C3(C(=O)c4ccccc4C3=O)[C@H]2C1=O. The number of fused-ring (bicyclic) bond motifs is 6. The molecule has 3 fully saturated rings. The molecule has 3 heterocycles. The largest absolute Gasteiger partial charge is 0.495 e. The first-order valence-corrected chi connectivity index (χ1v) is 11.0. The third kappa shape index (κ3) is 2.23. The first-order chi connectivity index (χ1) is 16.3. The van der Waals surface area contributed by atoms with E-state index in [-0.39, 0.29) is 28.3 Å². The molecule has 6 rings (SSSR count). The molecule has 0 bridgehead atoms. The van der Waals surface area contributed by atoms with E-state index in [0.717, 1.165) is 11.0 Å². The fourth-order valence-electron chi connectivity index (χ4n) is 6.44. The van der Waals surface area contributed by atoms with Gasteiger partial charge in [-0.1, -0.05) is 24.3 Å². The van der Waals surface area contributed by atoms with Crippen molar-refractivity contribution >= 4 is 34.8 Å². The van der Waals surface area contributed by atoms with E-state index < -0.39 is 51.7 Å². The molecule has 0 aromatic heterocycles. The molecule has 4 aliphatic rings. The molecule has 1 aliphatic carbocycles. The van der Waals surface area contributed by atoms with E-state index in [4.69, 9.17) is 4.74 Å². The van der Waals surface area contributed by atoms with Gasteiger partial charge < -0.3 is 4.74 Å². The zero-order valence-electron chi connectivity index (χ0n) is 18.1. The standard InChI is InChI=1S/C24H19N3O7/c1-34-17-9-8-12(27(32)33)11-16(17)26-22(30)18-15-7-4-10-25(15)24(19(18)23(26)31)20(28)13-5-2-3-6-14(13)21(24)29/h2-3,5-6,8-9,11,15,18-19H,4,7,10H2,1H3/t15-,18+,19+/m0/s1. The number of imide groups is 1. The molecule has 3 aliphatic heterocycles. The molecular weight excluding hydrogens is 442 g/mol. The minimum absolute atomic E-state index is 0.0591. The number of benzene rings is 2. The molecule has 2 amide bonds. The summed E-state index contributed by atoms with van der Waals surface area (Å²) >= 11 is 0. The maximum Gasteiger partial charge on any atom is 0.271 e. The van der Waals surface area contributed by atoms with Crippen molar-refractivity contribution in [3.63, 3.8) is 0 Å². The van der Waals surface area contributed by atoms with E-state index in [1.54, 1.807) is 29.2 Å². The van der Waals surface area contributed by atoms with Gasteiger partial charge in [0.15, 0.2) is 17.1 Å². The van der Waals surface area contributed by atoms with Crippen LogP contribution in [0.4, 0.5) is 11.4 Å². The van der Waals surface area contributed by atoms with Gasteiger partial charge in [0, 0.05) is 29.3 Å². The molecule has 0 N–H and O–H groups in total. The van der Waals surface area contributed by atoms with Crippen LogP contribution in [0.2, 0.25) is 0 Å². The number of nitro groups is 1. The summed E-state index contributed by atoms with van der Waals surface area (Å²) in [5.41, 5.74) is -1.64. The van der Waals surface area contributed by atoms with Crippen LogP contribution in [0.3, 0.4) is 0 Å². The monoisotopic (exact) mass is 461 g/mol. The number of methoxy groups -OCH3 is 1. The van der Waals surface area contributed by atoms with Crippen LogP contribution in [0, 0.1) is 22.0 Å². The number of nitro benzene ring substituents is 1. The number of amides is 2. The van der Waals surface area contributed by atoms with Gasteiger partial charge in [0.05, 0.1) is 23.9 Å². The van der Waals surface area contributed by atoms with Crippen molar-refractivity contribution in [2.75, 3.05) is 18.6 Å². The lowest BCUT2D eigenvalue weighted by molar-refractivity contribution is -0.384. The van der Waals surface area contributed by atoms with Gasteiger partial charge in [0.2, 0.25) is 11.8 Å². The van der Waals surface area contributed by atoms with Crippen LogP contribution < -0.4 is 9.64 Å². The van der Waals surface area contributed by atoms with Crippen LogP contribution >= 0.6 is 0 Å². The van der Waals surface area contributed by atoms with E-state index in [2.05, 4.69) is 0 Å². The van der Waals surface area contributed by atoms with E-state index in [1.165, 1.54) is 19.2 Å². The minimum Gasteiger partial charge on any atom is -0.495 e. The molecule has 2 aromatic carbocycles. The number of ketones is 2. The van der Waals surface area contributed by atoms with Gasteiger partial charge in [-0.2, -0.15) is 0 Å². The van der Waals surface area contributed by atoms with E-state index in [1.807, 2.05) is 0 Å². The van der Waals surface area contributed by atoms with Gasteiger partial charge in [-0.25, -0.2) is 4.90 Å². The molecule has 0 radical (unpaired) electrons. The third-order valence-corrected chi connectivity index (χ3v) is 7.69. The number of ether oxygens (including phenoxy) is 1. The molecule has 3 atom stereocenters. The van der Waals surface area contributed by atoms with Crippen molar-refractivity contribution in [1.82, 2.24) is 4.90 Å². The van der Waals surface area contributed by atoms with E-state index in [0.29, 0.717) is 19.4 Å². The average Bonchev–Trinajstić information content (AvgIpc) is 3.53. The highest BCUT2D eigenvalue weighted by molar-refractivity contribution is 6.38. The summed E-state index contributed by atoms with van der Waals surface area (Å²) < 4.78 is 5.29. The Bertz CT molecular complexity index is 1300. The smallest absolute Gasteiger partial charge is 0.271 e. The molecule has 172 valence electrons. The summed E-state index contributed by atoms with van der Waals surface area (Å²) in [5, 5.41) is 11.4. The Morgan fingerprint density at radius 1 is 1.03 bits per heavy atom. The number of nitrogens with zero attached hydrogens (tertiary/aromatic N) is 3. The van der Waals surface area contributed by atoms with Gasteiger partial charge in [-0.15, -0.1) is 0 Å². The normalized spacial score (nSPS) is 26.9. The first-order valence-electron chi connectivity index (χ1n) is 11.0. The van der Waals surface area contributed by atoms with Gasteiger partial charge in [-0.05, 0) is 25.5 Å². The Labute approximate surface area is 193 Å².